The van der Waals surface area contributed by atoms with Crippen molar-refractivity contribution in [2.24, 2.45) is 0 Å². The van der Waals surface area contributed by atoms with Gasteiger partial charge in [0.2, 0.25) is 5.91 Å². The number of nitro benzene ring substituents is 1. The van der Waals surface area contributed by atoms with Crippen LogP contribution in [0.1, 0.15) is 18.4 Å². The minimum absolute atomic E-state index is 0.0461. The monoisotopic (exact) mass is 270 g/mol. The summed E-state index contributed by atoms with van der Waals surface area (Å²) in [5.74, 6) is -0.521. The molecule has 0 aliphatic rings. The molecule has 0 aliphatic heterocycles. The summed E-state index contributed by atoms with van der Waals surface area (Å²) in [5.41, 5.74) is 1.28. The van der Waals surface area contributed by atoms with Crippen molar-refractivity contribution in [3.05, 3.63) is 70.3 Å². The molecule has 1 atom stereocenters. The highest BCUT2D eigenvalue weighted by atomic mass is 16.6. The molecular weight excluding hydrogens is 256 g/mol. The predicted octanol–water partition coefficient (Wildman–Crippen LogP) is 3.34. The van der Waals surface area contributed by atoms with Crippen LogP contribution in [0.3, 0.4) is 0 Å². The third-order valence-corrected chi connectivity index (χ3v) is 3.02. The van der Waals surface area contributed by atoms with Crippen molar-refractivity contribution in [3.8, 4) is 0 Å². The number of hydrogen-bond donors (Lipinski definition) is 1. The summed E-state index contributed by atoms with van der Waals surface area (Å²) in [5, 5.41) is 13.4. The number of nitro groups is 1. The second-order valence-corrected chi connectivity index (χ2v) is 4.43. The number of benzene rings is 2. The van der Waals surface area contributed by atoms with Crippen molar-refractivity contribution < 1.29 is 9.72 Å². The van der Waals surface area contributed by atoms with Crippen molar-refractivity contribution in [1.82, 2.24) is 0 Å². The molecule has 0 aromatic heterocycles. The quantitative estimate of drug-likeness (QED) is 0.684. The summed E-state index contributed by atoms with van der Waals surface area (Å²) >= 11 is 0. The highest BCUT2D eigenvalue weighted by Gasteiger charge is 2.15. The van der Waals surface area contributed by atoms with Gasteiger partial charge in [-0.1, -0.05) is 36.4 Å². The lowest BCUT2D eigenvalue weighted by Crippen LogP contribution is -2.18. The molecule has 0 bridgehead atoms. The zero-order chi connectivity index (χ0) is 14.5. The Morgan fingerprint density at radius 2 is 1.85 bits per heavy atom. The van der Waals surface area contributed by atoms with E-state index in [1.165, 1.54) is 12.1 Å². The van der Waals surface area contributed by atoms with Gasteiger partial charge in [0.25, 0.3) is 5.69 Å². The molecule has 0 unspecified atom stereocenters. The fourth-order valence-corrected chi connectivity index (χ4v) is 1.84. The van der Waals surface area contributed by atoms with Crippen molar-refractivity contribution in [1.29, 1.82) is 0 Å². The first-order chi connectivity index (χ1) is 9.58. The number of anilines is 1. The fourth-order valence-electron chi connectivity index (χ4n) is 1.84. The van der Waals surface area contributed by atoms with Gasteiger partial charge < -0.3 is 5.32 Å². The second-order valence-electron chi connectivity index (χ2n) is 4.43. The molecule has 5 heteroatoms. The average molecular weight is 270 g/mol. The summed E-state index contributed by atoms with van der Waals surface area (Å²) in [7, 11) is 0. The number of hydrogen-bond acceptors (Lipinski definition) is 3. The molecule has 5 nitrogen and oxygen atoms in total. The maximum atomic E-state index is 12.1. The van der Waals surface area contributed by atoms with E-state index in [9.17, 15) is 14.9 Å². The van der Waals surface area contributed by atoms with Gasteiger partial charge in [0.05, 0.1) is 10.8 Å². The van der Waals surface area contributed by atoms with Crippen LogP contribution >= 0.6 is 0 Å². The van der Waals surface area contributed by atoms with Gasteiger partial charge in [-0.15, -0.1) is 0 Å². The molecule has 0 saturated carbocycles. The maximum absolute atomic E-state index is 12.1. The lowest BCUT2D eigenvalue weighted by atomic mass is 10.0. The lowest BCUT2D eigenvalue weighted by molar-refractivity contribution is -0.384. The van der Waals surface area contributed by atoms with Crippen LogP contribution in [0, 0.1) is 10.1 Å². The van der Waals surface area contributed by atoms with Gasteiger partial charge in [-0.3, -0.25) is 14.9 Å². The van der Waals surface area contributed by atoms with Crippen LogP contribution in [-0.2, 0) is 4.79 Å². The van der Waals surface area contributed by atoms with Crippen LogP contribution in [0.15, 0.2) is 54.6 Å². The van der Waals surface area contributed by atoms with Gasteiger partial charge in [0, 0.05) is 17.8 Å². The molecule has 2 rings (SSSR count). The number of amides is 1. The molecule has 0 radical (unpaired) electrons. The molecule has 1 N–H and O–H groups in total. The molecule has 2 aromatic carbocycles. The molecule has 0 saturated heterocycles. The first-order valence-corrected chi connectivity index (χ1v) is 6.18. The molecule has 20 heavy (non-hydrogen) atoms. The molecule has 0 fully saturated rings. The van der Waals surface area contributed by atoms with E-state index in [1.54, 1.807) is 19.1 Å². The Morgan fingerprint density at radius 1 is 1.15 bits per heavy atom. The predicted molar refractivity (Wildman–Crippen MR) is 76.6 cm³/mol. The summed E-state index contributed by atoms with van der Waals surface area (Å²) in [4.78, 5) is 22.3. The molecule has 0 heterocycles. The molecule has 1 amide bonds. The van der Waals surface area contributed by atoms with Gasteiger partial charge in [0.1, 0.15) is 0 Å². The van der Waals surface area contributed by atoms with Crippen LogP contribution in [-0.4, -0.2) is 10.8 Å². The number of nitrogens with zero attached hydrogens (tertiary/aromatic N) is 1. The topological polar surface area (TPSA) is 72.2 Å². The van der Waals surface area contributed by atoms with Crippen LogP contribution in [0.4, 0.5) is 11.4 Å². The maximum Gasteiger partial charge on any atom is 0.271 e. The Morgan fingerprint density at radius 3 is 2.50 bits per heavy atom. The van der Waals surface area contributed by atoms with E-state index in [2.05, 4.69) is 5.32 Å². The zero-order valence-corrected chi connectivity index (χ0v) is 10.9. The fraction of sp³-hybridized carbons (Fsp3) is 0.133. The van der Waals surface area contributed by atoms with Crippen LogP contribution in [0.5, 0.6) is 0 Å². The molecule has 2 aromatic rings. The third-order valence-electron chi connectivity index (χ3n) is 3.02. The smallest absolute Gasteiger partial charge is 0.271 e. The first-order valence-electron chi connectivity index (χ1n) is 6.18. The van der Waals surface area contributed by atoms with Gasteiger partial charge >= 0.3 is 0 Å². The molecular formula is C15H14N2O3. The van der Waals surface area contributed by atoms with E-state index < -0.39 is 4.92 Å². The van der Waals surface area contributed by atoms with E-state index in [1.807, 2.05) is 30.3 Å². The van der Waals surface area contributed by atoms with E-state index in [0.29, 0.717) is 5.69 Å². The number of nitrogens with one attached hydrogen (secondary N) is 1. The lowest BCUT2D eigenvalue weighted by Gasteiger charge is -2.12. The second kappa shape index (κ2) is 5.97. The highest BCUT2D eigenvalue weighted by molar-refractivity contribution is 5.95. The Balaban J connectivity index is 2.12. The minimum Gasteiger partial charge on any atom is -0.325 e. The third kappa shape index (κ3) is 3.20. The van der Waals surface area contributed by atoms with E-state index in [4.69, 9.17) is 0 Å². The highest BCUT2D eigenvalue weighted by Crippen LogP contribution is 2.20. The van der Waals surface area contributed by atoms with Gasteiger partial charge in [-0.2, -0.15) is 0 Å². The van der Waals surface area contributed by atoms with Crippen molar-refractivity contribution in [2.45, 2.75) is 12.8 Å². The van der Waals surface area contributed by atoms with E-state index in [0.717, 1.165) is 5.56 Å². The van der Waals surface area contributed by atoms with Gasteiger partial charge in [-0.05, 0) is 18.6 Å². The number of carbonyl (C=O) groups is 1. The standard InChI is InChI=1S/C15H14N2O3/c1-11(12-6-3-2-4-7-12)15(18)16-13-8-5-9-14(10-13)17(19)20/h2-11H,1H3,(H,16,18)/t11-/m0/s1. The minimum atomic E-state index is -0.490. The zero-order valence-electron chi connectivity index (χ0n) is 10.9. The summed E-state index contributed by atoms with van der Waals surface area (Å²) in [6, 6.07) is 15.3. The number of rotatable bonds is 4. The average Bonchev–Trinajstić information content (AvgIpc) is 2.47. The Hall–Kier alpha value is -2.69. The summed E-state index contributed by atoms with van der Waals surface area (Å²) < 4.78 is 0. The SMILES string of the molecule is C[C@H](C(=O)Nc1cccc([N+](=O)[O-])c1)c1ccccc1. The number of carbonyl (C=O) groups excluding carboxylic acids is 1. The van der Waals surface area contributed by atoms with Gasteiger partial charge in [-0.25, -0.2) is 0 Å². The van der Waals surface area contributed by atoms with Crippen molar-refractivity contribution in [2.75, 3.05) is 5.32 Å². The summed E-state index contributed by atoms with van der Waals surface area (Å²) in [6.45, 7) is 1.79. The number of non-ortho nitro benzene ring substituents is 1. The normalized spacial score (nSPS) is 11.7. The van der Waals surface area contributed by atoms with Crippen molar-refractivity contribution in [3.63, 3.8) is 0 Å². The van der Waals surface area contributed by atoms with Crippen LogP contribution in [0.25, 0.3) is 0 Å². The first kappa shape index (κ1) is 13.7. The molecule has 0 spiro atoms. The van der Waals surface area contributed by atoms with Crippen LogP contribution in [0.2, 0.25) is 0 Å². The van der Waals surface area contributed by atoms with Crippen LogP contribution < -0.4 is 5.32 Å². The summed E-state index contributed by atoms with van der Waals surface area (Å²) in [6.07, 6.45) is 0. The molecule has 102 valence electrons. The largest absolute Gasteiger partial charge is 0.325 e. The molecule has 0 aliphatic carbocycles. The Bertz CT molecular complexity index is 626. The van der Waals surface area contributed by atoms with Gasteiger partial charge in [0.15, 0.2) is 0 Å². The van der Waals surface area contributed by atoms with Crippen molar-refractivity contribution >= 4 is 17.3 Å². The Kier molecular flexibility index (Phi) is 4.10. The van der Waals surface area contributed by atoms with E-state index in [-0.39, 0.29) is 17.5 Å². The Labute approximate surface area is 116 Å². The van der Waals surface area contributed by atoms with E-state index >= 15 is 0 Å².